The third-order valence-electron chi connectivity index (χ3n) is 6.40. The third kappa shape index (κ3) is 3.51. The van der Waals surface area contributed by atoms with Gasteiger partial charge in [-0.3, -0.25) is 24.1 Å². The van der Waals surface area contributed by atoms with Crippen LogP contribution in [0.2, 0.25) is 0 Å². The Hall–Kier alpha value is -4.83. The van der Waals surface area contributed by atoms with Crippen LogP contribution in [0, 0.1) is 11.3 Å². The molecule has 176 valence electrons. The summed E-state index contributed by atoms with van der Waals surface area (Å²) in [5.74, 6) is -0.706. The molecule has 1 aromatic heterocycles. The number of carbonyl (C=O) groups is 4. The minimum Gasteiger partial charge on any atom is -0.457 e. The van der Waals surface area contributed by atoms with Gasteiger partial charge in [0.15, 0.2) is 11.6 Å². The van der Waals surface area contributed by atoms with Gasteiger partial charge in [-0.2, -0.15) is 5.26 Å². The Morgan fingerprint density at radius 3 is 2.22 bits per heavy atom. The fourth-order valence-corrected chi connectivity index (χ4v) is 4.54. The summed E-state index contributed by atoms with van der Waals surface area (Å²) in [6.07, 6.45) is 2.08. The van der Waals surface area contributed by atoms with E-state index in [1.165, 1.54) is 6.08 Å². The van der Waals surface area contributed by atoms with Gasteiger partial charge in [0.25, 0.3) is 11.8 Å². The van der Waals surface area contributed by atoms with Crippen molar-refractivity contribution in [2.75, 3.05) is 6.54 Å². The lowest BCUT2D eigenvalue weighted by molar-refractivity contribution is -0.140. The standard InChI is InChI=1S/C29H20N2O5/c1-3-12-31-28(34)22(16(2)24(15-30)29(31)35)14-18-9-11-25(36-18)17-8-10-21-23(13-17)27(33)20-7-5-4-6-19(20)26(21)32/h4-11,13-14H,3,12H2,1-2H3/b22-14+. The van der Waals surface area contributed by atoms with Crippen LogP contribution in [0.4, 0.5) is 0 Å². The molecule has 1 aliphatic heterocycles. The van der Waals surface area contributed by atoms with Gasteiger partial charge in [0.05, 0.1) is 0 Å². The zero-order chi connectivity index (χ0) is 25.6. The van der Waals surface area contributed by atoms with Gasteiger partial charge in [-0.25, -0.2) is 0 Å². The normalized spacial score (nSPS) is 16.4. The Balaban J connectivity index is 1.52. The fourth-order valence-electron chi connectivity index (χ4n) is 4.54. The SMILES string of the molecule is CCCN1C(=O)C(C#N)=C(C)/C(=C\c2ccc(-c3ccc4c(c3)C(=O)c3ccccc3C4=O)o2)C1=O. The van der Waals surface area contributed by atoms with Crippen molar-refractivity contribution in [3.63, 3.8) is 0 Å². The summed E-state index contributed by atoms with van der Waals surface area (Å²) in [4.78, 5) is 52.5. The molecule has 0 unspecified atom stereocenters. The molecule has 1 aliphatic carbocycles. The van der Waals surface area contributed by atoms with Crippen molar-refractivity contribution < 1.29 is 23.6 Å². The number of hydrogen-bond donors (Lipinski definition) is 0. The van der Waals surface area contributed by atoms with Gasteiger partial charge in [0, 0.05) is 39.9 Å². The molecule has 2 aromatic carbocycles. The van der Waals surface area contributed by atoms with Gasteiger partial charge in [-0.05, 0) is 49.3 Å². The molecule has 0 saturated carbocycles. The molecule has 0 spiro atoms. The average Bonchev–Trinajstić information content (AvgIpc) is 3.36. The Morgan fingerprint density at radius 1 is 0.889 bits per heavy atom. The first kappa shape index (κ1) is 22.9. The van der Waals surface area contributed by atoms with E-state index < -0.39 is 11.8 Å². The average molecular weight is 476 g/mol. The lowest BCUT2D eigenvalue weighted by Gasteiger charge is -2.26. The Kier molecular flexibility index (Phi) is 5.57. The first-order valence-corrected chi connectivity index (χ1v) is 11.5. The van der Waals surface area contributed by atoms with Crippen LogP contribution in [0.5, 0.6) is 0 Å². The number of hydrogen-bond acceptors (Lipinski definition) is 6. The quantitative estimate of drug-likeness (QED) is 0.311. The molecule has 2 amide bonds. The lowest BCUT2D eigenvalue weighted by atomic mass is 9.83. The van der Waals surface area contributed by atoms with Crippen molar-refractivity contribution in [1.82, 2.24) is 4.90 Å². The zero-order valence-corrected chi connectivity index (χ0v) is 19.6. The molecular formula is C29H20N2O5. The number of carbonyl (C=O) groups excluding carboxylic acids is 4. The predicted octanol–water partition coefficient (Wildman–Crippen LogP) is 4.72. The van der Waals surface area contributed by atoms with Gasteiger partial charge >= 0.3 is 0 Å². The van der Waals surface area contributed by atoms with Crippen LogP contribution in [-0.4, -0.2) is 34.8 Å². The number of rotatable bonds is 4. The number of furan rings is 1. The summed E-state index contributed by atoms with van der Waals surface area (Å²) >= 11 is 0. The highest BCUT2D eigenvalue weighted by Crippen LogP contribution is 2.33. The second-order valence-corrected chi connectivity index (χ2v) is 8.60. The van der Waals surface area contributed by atoms with E-state index in [0.29, 0.717) is 51.3 Å². The second-order valence-electron chi connectivity index (χ2n) is 8.60. The zero-order valence-electron chi connectivity index (χ0n) is 19.6. The number of imide groups is 1. The van der Waals surface area contributed by atoms with Gasteiger partial charge in [0.2, 0.25) is 0 Å². The summed E-state index contributed by atoms with van der Waals surface area (Å²) in [5, 5.41) is 9.47. The van der Waals surface area contributed by atoms with Crippen LogP contribution < -0.4 is 0 Å². The highest BCUT2D eigenvalue weighted by atomic mass is 16.3. The molecule has 3 aromatic rings. The largest absolute Gasteiger partial charge is 0.457 e. The van der Waals surface area contributed by atoms with Crippen LogP contribution in [-0.2, 0) is 9.59 Å². The summed E-state index contributed by atoms with van der Waals surface area (Å²) < 4.78 is 5.95. The number of nitrogens with zero attached hydrogens (tertiary/aromatic N) is 2. The smallest absolute Gasteiger partial charge is 0.271 e. The second kappa shape index (κ2) is 8.75. The van der Waals surface area contributed by atoms with Crippen molar-refractivity contribution >= 4 is 29.5 Å². The molecular weight excluding hydrogens is 456 g/mol. The van der Waals surface area contributed by atoms with Gasteiger partial charge in [0.1, 0.15) is 23.2 Å². The van der Waals surface area contributed by atoms with E-state index in [1.54, 1.807) is 61.5 Å². The topological polar surface area (TPSA) is 108 Å². The number of fused-ring (bicyclic) bond motifs is 2. The van der Waals surface area contributed by atoms with Crippen LogP contribution in [0.15, 0.2) is 75.7 Å². The maximum absolute atomic E-state index is 13.1. The summed E-state index contributed by atoms with van der Waals surface area (Å²) in [7, 11) is 0. The summed E-state index contributed by atoms with van der Waals surface area (Å²) in [6, 6.07) is 17.0. The van der Waals surface area contributed by atoms with E-state index in [-0.39, 0.29) is 29.3 Å². The van der Waals surface area contributed by atoms with E-state index >= 15 is 0 Å². The summed E-state index contributed by atoms with van der Waals surface area (Å²) in [6.45, 7) is 3.62. The molecule has 2 heterocycles. The van der Waals surface area contributed by atoms with E-state index in [9.17, 15) is 24.4 Å². The molecule has 0 saturated heterocycles. The van der Waals surface area contributed by atoms with E-state index in [4.69, 9.17) is 4.42 Å². The van der Waals surface area contributed by atoms with E-state index in [2.05, 4.69) is 0 Å². The van der Waals surface area contributed by atoms with Crippen LogP contribution >= 0.6 is 0 Å². The first-order chi connectivity index (χ1) is 17.3. The minimum absolute atomic E-state index is 0.0702. The molecule has 0 fully saturated rings. The van der Waals surface area contributed by atoms with Crippen molar-refractivity contribution in [3.8, 4) is 17.4 Å². The van der Waals surface area contributed by atoms with Crippen LogP contribution in [0.3, 0.4) is 0 Å². The number of amides is 2. The highest BCUT2D eigenvalue weighted by Gasteiger charge is 2.35. The Morgan fingerprint density at radius 2 is 1.56 bits per heavy atom. The summed E-state index contributed by atoms with van der Waals surface area (Å²) in [5.41, 5.74) is 2.45. The number of nitriles is 1. The number of ketones is 2. The molecule has 0 radical (unpaired) electrons. The molecule has 7 nitrogen and oxygen atoms in total. The van der Waals surface area contributed by atoms with Crippen LogP contribution in [0.1, 0.15) is 57.9 Å². The van der Waals surface area contributed by atoms with Gasteiger partial charge in [-0.15, -0.1) is 0 Å². The molecule has 7 heteroatoms. The Labute approximate surface area is 206 Å². The van der Waals surface area contributed by atoms with E-state index in [1.807, 2.05) is 13.0 Å². The minimum atomic E-state index is -0.589. The molecule has 36 heavy (non-hydrogen) atoms. The van der Waals surface area contributed by atoms with Crippen molar-refractivity contribution in [1.29, 1.82) is 5.26 Å². The first-order valence-electron chi connectivity index (χ1n) is 11.5. The number of benzene rings is 2. The maximum atomic E-state index is 13.1. The molecule has 0 N–H and O–H groups in total. The van der Waals surface area contributed by atoms with Crippen LogP contribution in [0.25, 0.3) is 17.4 Å². The predicted molar refractivity (Wildman–Crippen MR) is 131 cm³/mol. The fraction of sp³-hybridized carbons (Fsp3) is 0.138. The van der Waals surface area contributed by atoms with Crippen molar-refractivity contribution in [2.45, 2.75) is 20.3 Å². The molecule has 0 bridgehead atoms. The lowest BCUT2D eigenvalue weighted by Crippen LogP contribution is -2.43. The van der Waals surface area contributed by atoms with Crippen molar-refractivity contribution in [2.24, 2.45) is 0 Å². The highest BCUT2D eigenvalue weighted by molar-refractivity contribution is 6.28. The third-order valence-corrected chi connectivity index (χ3v) is 6.40. The Bertz CT molecular complexity index is 1600. The van der Waals surface area contributed by atoms with E-state index in [0.717, 1.165) is 4.90 Å². The van der Waals surface area contributed by atoms with Crippen molar-refractivity contribution in [3.05, 3.63) is 99.3 Å². The maximum Gasteiger partial charge on any atom is 0.271 e. The molecule has 5 rings (SSSR count). The molecule has 2 aliphatic rings. The van der Waals surface area contributed by atoms with Gasteiger partial charge in [-0.1, -0.05) is 37.3 Å². The van der Waals surface area contributed by atoms with Gasteiger partial charge < -0.3 is 4.42 Å². The monoisotopic (exact) mass is 476 g/mol. The molecule has 0 atom stereocenters.